The average molecular weight is 261 g/mol. The third kappa shape index (κ3) is 4.59. The zero-order chi connectivity index (χ0) is 13.7. The van der Waals surface area contributed by atoms with Gasteiger partial charge in [0.15, 0.2) is 0 Å². The van der Waals surface area contributed by atoms with E-state index in [9.17, 15) is 0 Å². The standard InChI is InChI=1S/C16H27N3/c1-13(2)9-16-12-19(8-4-6-18-16)11-15-10-17-7-5-14(15)3/h5,7,10,13,16,18H,4,6,8-9,11-12H2,1-3H3. The maximum absolute atomic E-state index is 4.26. The highest BCUT2D eigenvalue weighted by Crippen LogP contribution is 2.14. The minimum absolute atomic E-state index is 0.638. The lowest BCUT2D eigenvalue weighted by molar-refractivity contribution is 0.247. The molecule has 3 heteroatoms. The molecule has 1 aromatic heterocycles. The van der Waals surface area contributed by atoms with Gasteiger partial charge in [0.2, 0.25) is 0 Å². The molecule has 0 amide bonds. The van der Waals surface area contributed by atoms with Gasteiger partial charge < -0.3 is 5.32 Å². The fourth-order valence-corrected chi connectivity index (χ4v) is 2.85. The molecule has 1 aliphatic rings. The first-order chi connectivity index (χ1) is 9.15. The van der Waals surface area contributed by atoms with Crippen molar-refractivity contribution < 1.29 is 0 Å². The van der Waals surface area contributed by atoms with Gasteiger partial charge in [-0.15, -0.1) is 0 Å². The summed E-state index contributed by atoms with van der Waals surface area (Å²) in [5.41, 5.74) is 2.72. The number of nitrogens with zero attached hydrogens (tertiary/aromatic N) is 2. The number of aryl methyl sites for hydroxylation is 1. The molecule has 19 heavy (non-hydrogen) atoms. The van der Waals surface area contributed by atoms with E-state index >= 15 is 0 Å². The van der Waals surface area contributed by atoms with Crippen LogP contribution in [0.15, 0.2) is 18.5 Å². The third-order valence-electron chi connectivity index (χ3n) is 3.86. The normalized spacial score (nSPS) is 21.6. The smallest absolute Gasteiger partial charge is 0.0315 e. The molecule has 1 unspecified atom stereocenters. The van der Waals surface area contributed by atoms with Gasteiger partial charge in [-0.05, 0) is 56.0 Å². The van der Waals surface area contributed by atoms with E-state index in [0.29, 0.717) is 6.04 Å². The lowest BCUT2D eigenvalue weighted by Gasteiger charge is -2.25. The maximum Gasteiger partial charge on any atom is 0.0315 e. The summed E-state index contributed by atoms with van der Waals surface area (Å²) in [5.74, 6) is 0.762. The van der Waals surface area contributed by atoms with E-state index in [1.807, 2.05) is 12.4 Å². The van der Waals surface area contributed by atoms with Gasteiger partial charge in [0, 0.05) is 31.5 Å². The third-order valence-corrected chi connectivity index (χ3v) is 3.86. The Labute approximate surface area is 117 Å². The van der Waals surface area contributed by atoms with E-state index in [4.69, 9.17) is 0 Å². The zero-order valence-corrected chi connectivity index (χ0v) is 12.5. The quantitative estimate of drug-likeness (QED) is 0.903. The highest BCUT2D eigenvalue weighted by atomic mass is 15.2. The van der Waals surface area contributed by atoms with Crippen molar-refractivity contribution in [3.8, 4) is 0 Å². The first-order valence-corrected chi connectivity index (χ1v) is 7.50. The Balaban J connectivity index is 1.97. The summed E-state index contributed by atoms with van der Waals surface area (Å²) in [6.07, 6.45) is 6.41. The van der Waals surface area contributed by atoms with Gasteiger partial charge in [0.1, 0.15) is 0 Å². The highest BCUT2D eigenvalue weighted by Gasteiger charge is 2.19. The number of rotatable bonds is 4. The van der Waals surface area contributed by atoms with Gasteiger partial charge in [-0.1, -0.05) is 13.8 Å². The topological polar surface area (TPSA) is 28.2 Å². The van der Waals surface area contributed by atoms with E-state index in [0.717, 1.165) is 25.6 Å². The molecule has 106 valence electrons. The van der Waals surface area contributed by atoms with Crippen LogP contribution in [0.3, 0.4) is 0 Å². The summed E-state index contributed by atoms with van der Waals surface area (Å²) in [5, 5.41) is 3.69. The Hall–Kier alpha value is -0.930. The monoisotopic (exact) mass is 261 g/mol. The van der Waals surface area contributed by atoms with Crippen molar-refractivity contribution in [2.24, 2.45) is 5.92 Å². The van der Waals surface area contributed by atoms with Crippen LogP contribution < -0.4 is 5.32 Å². The minimum Gasteiger partial charge on any atom is -0.313 e. The van der Waals surface area contributed by atoms with Gasteiger partial charge >= 0.3 is 0 Å². The molecule has 0 aromatic carbocycles. The number of aromatic nitrogens is 1. The Morgan fingerprint density at radius 3 is 3.05 bits per heavy atom. The lowest BCUT2D eigenvalue weighted by Crippen LogP contribution is -2.38. The van der Waals surface area contributed by atoms with Gasteiger partial charge in [-0.3, -0.25) is 9.88 Å². The maximum atomic E-state index is 4.26. The van der Waals surface area contributed by atoms with Crippen LogP contribution in [-0.2, 0) is 6.54 Å². The molecule has 1 N–H and O–H groups in total. The molecule has 2 heterocycles. The molecular formula is C16H27N3. The first-order valence-electron chi connectivity index (χ1n) is 7.50. The summed E-state index contributed by atoms with van der Waals surface area (Å²) in [7, 11) is 0. The molecular weight excluding hydrogens is 234 g/mol. The van der Waals surface area contributed by atoms with Crippen molar-refractivity contribution in [3.63, 3.8) is 0 Å². The van der Waals surface area contributed by atoms with Gasteiger partial charge in [0.05, 0.1) is 0 Å². The van der Waals surface area contributed by atoms with Crippen LogP contribution in [0.4, 0.5) is 0 Å². The molecule has 1 aromatic rings. The second-order valence-electron chi connectivity index (χ2n) is 6.17. The molecule has 1 aliphatic heterocycles. The molecule has 0 radical (unpaired) electrons. The van der Waals surface area contributed by atoms with Crippen LogP contribution in [0, 0.1) is 12.8 Å². The zero-order valence-electron chi connectivity index (χ0n) is 12.5. The molecule has 1 fully saturated rings. The SMILES string of the molecule is Cc1ccncc1CN1CCCNC(CC(C)C)C1. The van der Waals surface area contributed by atoms with Crippen molar-refractivity contribution in [2.75, 3.05) is 19.6 Å². The van der Waals surface area contributed by atoms with E-state index in [1.54, 1.807) is 0 Å². The van der Waals surface area contributed by atoms with Crippen LogP contribution in [0.1, 0.15) is 37.8 Å². The van der Waals surface area contributed by atoms with Crippen molar-refractivity contribution in [2.45, 2.75) is 46.2 Å². The lowest BCUT2D eigenvalue weighted by atomic mass is 10.0. The predicted octanol–water partition coefficient (Wildman–Crippen LogP) is 2.60. The molecule has 0 spiro atoms. The van der Waals surface area contributed by atoms with Gasteiger partial charge in [-0.2, -0.15) is 0 Å². The van der Waals surface area contributed by atoms with Crippen molar-refractivity contribution in [1.82, 2.24) is 15.2 Å². The molecule has 0 saturated carbocycles. The number of nitrogens with one attached hydrogen (secondary N) is 1. The van der Waals surface area contributed by atoms with Gasteiger partial charge in [-0.25, -0.2) is 0 Å². The summed E-state index contributed by atoms with van der Waals surface area (Å²) < 4.78 is 0. The van der Waals surface area contributed by atoms with Crippen LogP contribution in [-0.4, -0.2) is 35.6 Å². The molecule has 1 saturated heterocycles. The summed E-state index contributed by atoms with van der Waals surface area (Å²) in [4.78, 5) is 6.84. The molecule has 3 nitrogen and oxygen atoms in total. The summed E-state index contributed by atoms with van der Waals surface area (Å²) in [6.45, 7) is 11.3. The van der Waals surface area contributed by atoms with E-state index in [-0.39, 0.29) is 0 Å². The van der Waals surface area contributed by atoms with Crippen molar-refractivity contribution in [3.05, 3.63) is 29.6 Å². The van der Waals surface area contributed by atoms with E-state index < -0.39 is 0 Å². The molecule has 0 bridgehead atoms. The number of hydrogen-bond donors (Lipinski definition) is 1. The molecule has 2 rings (SSSR count). The molecule has 1 atom stereocenters. The minimum atomic E-state index is 0.638. The van der Waals surface area contributed by atoms with Crippen LogP contribution in [0.25, 0.3) is 0 Å². The summed E-state index contributed by atoms with van der Waals surface area (Å²) in [6, 6.07) is 2.75. The average Bonchev–Trinajstić information content (AvgIpc) is 2.57. The Morgan fingerprint density at radius 1 is 1.47 bits per heavy atom. The fourth-order valence-electron chi connectivity index (χ4n) is 2.85. The van der Waals surface area contributed by atoms with Crippen molar-refractivity contribution >= 4 is 0 Å². The van der Waals surface area contributed by atoms with Crippen LogP contribution in [0.5, 0.6) is 0 Å². The van der Waals surface area contributed by atoms with Gasteiger partial charge in [0.25, 0.3) is 0 Å². The highest BCUT2D eigenvalue weighted by molar-refractivity contribution is 5.21. The second-order valence-corrected chi connectivity index (χ2v) is 6.17. The second kappa shape index (κ2) is 7.01. The Kier molecular flexibility index (Phi) is 5.34. The first kappa shape index (κ1) is 14.5. The van der Waals surface area contributed by atoms with E-state index in [1.165, 1.54) is 30.5 Å². The predicted molar refractivity (Wildman–Crippen MR) is 80.1 cm³/mol. The summed E-state index contributed by atoms with van der Waals surface area (Å²) >= 11 is 0. The van der Waals surface area contributed by atoms with Crippen molar-refractivity contribution in [1.29, 1.82) is 0 Å². The van der Waals surface area contributed by atoms with Crippen LogP contribution >= 0.6 is 0 Å². The fraction of sp³-hybridized carbons (Fsp3) is 0.688. The molecule has 0 aliphatic carbocycles. The number of hydrogen-bond acceptors (Lipinski definition) is 3. The Morgan fingerprint density at radius 2 is 2.32 bits per heavy atom. The Bertz CT molecular complexity index is 389. The van der Waals surface area contributed by atoms with Crippen LogP contribution in [0.2, 0.25) is 0 Å². The van der Waals surface area contributed by atoms with E-state index in [2.05, 4.69) is 42.0 Å². The number of pyridine rings is 1. The largest absolute Gasteiger partial charge is 0.313 e.